The molecule has 1 N–H and O–H groups in total. The minimum Gasteiger partial charge on any atom is -0.342 e. The fraction of sp³-hybridized carbons (Fsp3) is 0.882. The Kier molecular flexibility index (Phi) is 4.33. The van der Waals surface area contributed by atoms with Crippen molar-refractivity contribution in [2.24, 2.45) is 5.41 Å². The Labute approximate surface area is 133 Å². The number of amides is 3. The first-order valence-corrected chi connectivity index (χ1v) is 8.79. The van der Waals surface area contributed by atoms with Crippen LogP contribution < -0.4 is 5.32 Å². The quantitative estimate of drug-likeness (QED) is 0.870. The van der Waals surface area contributed by atoms with Gasteiger partial charge in [0.2, 0.25) is 5.91 Å². The van der Waals surface area contributed by atoms with Crippen LogP contribution in [0.15, 0.2) is 0 Å². The first-order chi connectivity index (χ1) is 10.5. The van der Waals surface area contributed by atoms with E-state index in [4.69, 9.17) is 0 Å². The SMILES string of the molecule is CN(CC12CCCC1N(C)C(=O)CC2)C(=O)NC1CCCC1. The predicted molar refractivity (Wildman–Crippen MR) is 85.5 cm³/mol. The first-order valence-electron chi connectivity index (χ1n) is 8.79. The highest BCUT2D eigenvalue weighted by Crippen LogP contribution is 2.47. The minimum absolute atomic E-state index is 0.0616. The monoisotopic (exact) mass is 307 g/mol. The highest BCUT2D eigenvalue weighted by molar-refractivity contribution is 5.78. The van der Waals surface area contributed by atoms with Crippen LogP contribution in [0.4, 0.5) is 4.79 Å². The molecule has 0 radical (unpaired) electrons. The Balaban J connectivity index is 1.62. The van der Waals surface area contributed by atoms with E-state index in [1.165, 1.54) is 19.3 Å². The summed E-state index contributed by atoms with van der Waals surface area (Å²) in [6.45, 7) is 0.772. The van der Waals surface area contributed by atoms with Crippen molar-refractivity contribution < 1.29 is 9.59 Å². The third-order valence-corrected chi connectivity index (χ3v) is 6.14. The second kappa shape index (κ2) is 6.09. The molecule has 1 heterocycles. The summed E-state index contributed by atoms with van der Waals surface area (Å²) in [5.41, 5.74) is 0.116. The standard InChI is InChI=1S/C17H29N3O2/c1-19(16(22)18-13-6-3-4-7-13)12-17-10-5-8-14(17)20(2)15(21)9-11-17/h13-14H,3-12H2,1-2H3,(H,18,22). The molecule has 2 aliphatic carbocycles. The van der Waals surface area contributed by atoms with Crippen LogP contribution >= 0.6 is 0 Å². The molecule has 0 bridgehead atoms. The highest BCUT2D eigenvalue weighted by atomic mass is 16.2. The summed E-state index contributed by atoms with van der Waals surface area (Å²) in [6.07, 6.45) is 9.64. The second-order valence-electron chi connectivity index (χ2n) is 7.56. The highest BCUT2D eigenvalue weighted by Gasteiger charge is 2.49. The Morgan fingerprint density at radius 2 is 2.00 bits per heavy atom. The molecule has 124 valence electrons. The van der Waals surface area contributed by atoms with Gasteiger partial charge in [-0.05, 0) is 32.1 Å². The van der Waals surface area contributed by atoms with Crippen LogP contribution in [0.3, 0.4) is 0 Å². The van der Waals surface area contributed by atoms with Gasteiger partial charge in [0.25, 0.3) is 0 Å². The van der Waals surface area contributed by atoms with Crippen LogP contribution in [0.5, 0.6) is 0 Å². The molecule has 0 aromatic rings. The summed E-state index contributed by atoms with van der Waals surface area (Å²) in [4.78, 5) is 28.2. The van der Waals surface area contributed by atoms with E-state index in [1.54, 1.807) is 0 Å². The summed E-state index contributed by atoms with van der Waals surface area (Å²) < 4.78 is 0. The number of carbonyl (C=O) groups excluding carboxylic acids is 2. The number of nitrogens with zero attached hydrogens (tertiary/aromatic N) is 2. The summed E-state index contributed by atoms with van der Waals surface area (Å²) in [7, 11) is 3.84. The van der Waals surface area contributed by atoms with Crippen molar-refractivity contribution in [3.63, 3.8) is 0 Å². The van der Waals surface area contributed by atoms with Gasteiger partial charge in [-0.1, -0.05) is 19.3 Å². The van der Waals surface area contributed by atoms with Gasteiger partial charge in [-0.3, -0.25) is 4.79 Å². The average molecular weight is 307 g/mol. The van der Waals surface area contributed by atoms with Crippen LogP contribution in [0, 0.1) is 5.41 Å². The molecule has 0 aromatic carbocycles. The van der Waals surface area contributed by atoms with Crippen molar-refractivity contribution in [2.75, 3.05) is 20.6 Å². The van der Waals surface area contributed by atoms with E-state index in [1.807, 2.05) is 23.9 Å². The Morgan fingerprint density at radius 3 is 2.73 bits per heavy atom. The summed E-state index contributed by atoms with van der Waals surface area (Å²) in [5.74, 6) is 0.264. The normalized spacial score (nSPS) is 32.2. The van der Waals surface area contributed by atoms with Crippen molar-refractivity contribution in [3.8, 4) is 0 Å². The van der Waals surface area contributed by atoms with Crippen molar-refractivity contribution in [1.29, 1.82) is 0 Å². The summed E-state index contributed by atoms with van der Waals surface area (Å²) in [5, 5.41) is 3.17. The molecule has 0 spiro atoms. The zero-order valence-electron chi connectivity index (χ0n) is 13.9. The molecule has 1 aliphatic heterocycles. The molecule has 3 aliphatic rings. The van der Waals surface area contributed by atoms with Crippen LogP contribution in [-0.2, 0) is 4.79 Å². The molecule has 3 amide bonds. The summed E-state index contributed by atoms with van der Waals surface area (Å²) in [6, 6.07) is 0.740. The van der Waals surface area contributed by atoms with E-state index >= 15 is 0 Å². The van der Waals surface area contributed by atoms with E-state index < -0.39 is 0 Å². The molecular weight excluding hydrogens is 278 g/mol. The van der Waals surface area contributed by atoms with Gasteiger partial charge < -0.3 is 15.1 Å². The Hall–Kier alpha value is -1.26. The van der Waals surface area contributed by atoms with Crippen LogP contribution in [0.2, 0.25) is 0 Å². The predicted octanol–water partition coefficient (Wildman–Crippen LogP) is 2.36. The van der Waals surface area contributed by atoms with E-state index in [2.05, 4.69) is 5.32 Å². The number of fused-ring (bicyclic) bond motifs is 1. The molecule has 2 saturated carbocycles. The minimum atomic E-state index is 0.0616. The smallest absolute Gasteiger partial charge is 0.317 e. The van der Waals surface area contributed by atoms with Gasteiger partial charge in [0, 0.05) is 44.6 Å². The lowest BCUT2D eigenvalue weighted by atomic mass is 9.74. The molecule has 22 heavy (non-hydrogen) atoms. The summed E-state index contributed by atoms with van der Waals surface area (Å²) >= 11 is 0. The Bertz CT molecular complexity index is 447. The molecule has 3 rings (SSSR count). The molecule has 5 nitrogen and oxygen atoms in total. The van der Waals surface area contributed by atoms with Crippen molar-refractivity contribution in [2.45, 2.75) is 69.9 Å². The molecule has 3 fully saturated rings. The maximum absolute atomic E-state index is 12.4. The second-order valence-corrected chi connectivity index (χ2v) is 7.56. The number of likely N-dealkylation sites (tertiary alicyclic amines) is 1. The van der Waals surface area contributed by atoms with Crippen LogP contribution in [-0.4, -0.2) is 54.5 Å². The van der Waals surface area contributed by atoms with Crippen LogP contribution in [0.1, 0.15) is 57.8 Å². The lowest BCUT2D eigenvalue weighted by Crippen LogP contribution is -2.56. The zero-order chi connectivity index (χ0) is 15.7. The average Bonchev–Trinajstić information content (AvgIpc) is 3.13. The lowest BCUT2D eigenvalue weighted by molar-refractivity contribution is -0.140. The number of rotatable bonds is 3. The molecule has 2 atom stereocenters. The molecule has 0 aromatic heterocycles. The van der Waals surface area contributed by atoms with Gasteiger partial charge in [0.05, 0.1) is 0 Å². The van der Waals surface area contributed by atoms with Gasteiger partial charge in [-0.2, -0.15) is 0 Å². The van der Waals surface area contributed by atoms with E-state index in [0.717, 1.165) is 38.6 Å². The van der Waals surface area contributed by atoms with Crippen molar-refractivity contribution in [1.82, 2.24) is 15.1 Å². The number of carbonyl (C=O) groups is 2. The fourth-order valence-electron chi connectivity index (χ4n) is 4.88. The van der Waals surface area contributed by atoms with E-state index in [0.29, 0.717) is 18.5 Å². The number of piperidine rings is 1. The number of hydrogen-bond acceptors (Lipinski definition) is 2. The largest absolute Gasteiger partial charge is 0.342 e. The van der Waals surface area contributed by atoms with Crippen molar-refractivity contribution in [3.05, 3.63) is 0 Å². The van der Waals surface area contributed by atoms with E-state index in [9.17, 15) is 9.59 Å². The molecule has 2 unspecified atom stereocenters. The fourth-order valence-corrected chi connectivity index (χ4v) is 4.88. The molecular formula is C17H29N3O2. The van der Waals surface area contributed by atoms with Crippen LogP contribution in [0.25, 0.3) is 0 Å². The maximum atomic E-state index is 12.4. The molecule has 5 heteroatoms. The third-order valence-electron chi connectivity index (χ3n) is 6.14. The third kappa shape index (κ3) is 2.82. The lowest BCUT2D eigenvalue weighted by Gasteiger charge is -2.46. The number of hydrogen-bond donors (Lipinski definition) is 1. The first kappa shape index (κ1) is 15.6. The van der Waals surface area contributed by atoms with E-state index in [-0.39, 0.29) is 17.4 Å². The Morgan fingerprint density at radius 1 is 1.27 bits per heavy atom. The topological polar surface area (TPSA) is 52.7 Å². The van der Waals surface area contributed by atoms with Gasteiger partial charge in [0.1, 0.15) is 0 Å². The number of nitrogens with one attached hydrogen (secondary N) is 1. The zero-order valence-corrected chi connectivity index (χ0v) is 13.9. The maximum Gasteiger partial charge on any atom is 0.317 e. The van der Waals surface area contributed by atoms with Gasteiger partial charge in [0.15, 0.2) is 0 Å². The molecule has 1 saturated heterocycles. The van der Waals surface area contributed by atoms with Gasteiger partial charge in [-0.25, -0.2) is 4.79 Å². The van der Waals surface area contributed by atoms with Crippen molar-refractivity contribution >= 4 is 11.9 Å². The number of urea groups is 1. The van der Waals surface area contributed by atoms with Gasteiger partial charge >= 0.3 is 6.03 Å². The van der Waals surface area contributed by atoms with Gasteiger partial charge in [-0.15, -0.1) is 0 Å².